The van der Waals surface area contributed by atoms with Crippen LogP contribution in [0.25, 0.3) is 0 Å². The summed E-state index contributed by atoms with van der Waals surface area (Å²) in [5.41, 5.74) is -2.88. The van der Waals surface area contributed by atoms with Crippen molar-refractivity contribution in [1.29, 1.82) is 0 Å². The fraction of sp³-hybridized carbons (Fsp3) is 0.727. The van der Waals surface area contributed by atoms with E-state index < -0.39 is 67.9 Å². The van der Waals surface area contributed by atoms with Gasteiger partial charge in [-0.1, -0.05) is 0 Å². The molecule has 0 radical (unpaired) electrons. The molecule has 0 aromatic rings. The van der Waals surface area contributed by atoms with Gasteiger partial charge in [0.25, 0.3) is 0 Å². The number of carbonyl (C=O) groups excluding carboxylic acids is 1. The molecule has 1 unspecified atom stereocenters. The maximum absolute atomic E-state index is 11.4. The number of aliphatic hydroxyl groups excluding tert-OH is 4. The molecule has 22 heavy (non-hydrogen) atoms. The van der Waals surface area contributed by atoms with E-state index in [0.29, 0.717) is 0 Å². The van der Waals surface area contributed by atoms with Crippen LogP contribution >= 0.6 is 0 Å². The monoisotopic (exact) mass is 326 g/mol. The number of aliphatic hydroxyl groups is 5. The van der Waals surface area contributed by atoms with Gasteiger partial charge in [0.05, 0.1) is 19.4 Å². The maximum atomic E-state index is 11.4. The molecule has 0 bridgehead atoms. The number of hydrogen-bond donors (Lipinski definition) is 7. The summed E-state index contributed by atoms with van der Waals surface area (Å²) in [6, 6.07) is 0. The third kappa shape index (κ3) is 6.32. The second-order valence-corrected chi connectivity index (χ2v) is 4.57. The van der Waals surface area contributed by atoms with Crippen molar-refractivity contribution in [3.8, 4) is 0 Å². The zero-order chi connectivity index (χ0) is 17.5. The van der Waals surface area contributed by atoms with E-state index in [4.69, 9.17) is 20.4 Å². The van der Waals surface area contributed by atoms with Gasteiger partial charge in [-0.2, -0.15) is 0 Å². The number of ether oxygens (including phenoxy) is 1. The fourth-order valence-corrected chi connectivity index (χ4v) is 1.40. The SMILES string of the molecule is O=C(O)CC(O)(CC(=O)OC[C@H](O)[C@H](O)[C@H](O)CO)C(=O)O. The normalized spacial score (nSPS) is 17.9. The zero-order valence-corrected chi connectivity index (χ0v) is 11.3. The largest absolute Gasteiger partial charge is 0.481 e. The highest BCUT2D eigenvalue weighted by atomic mass is 16.5. The van der Waals surface area contributed by atoms with E-state index in [0.717, 1.165) is 0 Å². The Morgan fingerprint density at radius 1 is 1.00 bits per heavy atom. The fourth-order valence-electron chi connectivity index (χ4n) is 1.40. The van der Waals surface area contributed by atoms with Crippen molar-refractivity contribution in [3.05, 3.63) is 0 Å². The highest BCUT2D eigenvalue weighted by molar-refractivity contribution is 5.88. The maximum Gasteiger partial charge on any atom is 0.336 e. The van der Waals surface area contributed by atoms with E-state index in [9.17, 15) is 29.7 Å². The number of hydrogen-bond acceptors (Lipinski definition) is 9. The third-order valence-corrected chi connectivity index (χ3v) is 2.67. The van der Waals surface area contributed by atoms with Crippen LogP contribution in [0.3, 0.4) is 0 Å². The smallest absolute Gasteiger partial charge is 0.336 e. The molecule has 0 fully saturated rings. The molecule has 0 heterocycles. The van der Waals surface area contributed by atoms with Crippen molar-refractivity contribution in [3.63, 3.8) is 0 Å². The van der Waals surface area contributed by atoms with Gasteiger partial charge in [-0.05, 0) is 0 Å². The Labute approximate surface area is 124 Å². The van der Waals surface area contributed by atoms with Crippen LogP contribution in [0.15, 0.2) is 0 Å². The topological polar surface area (TPSA) is 202 Å². The van der Waals surface area contributed by atoms with Crippen LogP contribution in [0.5, 0.6) is 0 Å². The van der Waals surface area contributed by atoms with Gasteiger partial charge < -0.3 is 40.5 Å². The number of esters is 1. The van der Waals surface area contributed by atoms with Gasteiger partial charge in [-0.15, -0.1) is 0 Å². The Bertz CT molecular complexity index is 409. The van der Waals surface area contributed by atoms with Crippen molar-refractivity contribution >= 4 is 17.9 Å². The predicted octanol–water partition coefficient (Wildman–Crippen LogP) is -3.71. The molecular weight excluding hydrogens is 308 g/mol. The molecule has 0 aromatic heterocycles. The van der Waals surface area contributed by atoms with Gasteiger partial charge in [-0.25, -0.2) is 4.79 Å². The number of rotatable bonds is 10. The lowest BCUT2D eigenvalue weighted by Crippen LogP contribution is -2.45. The highest BCUT2D eigenvalue weighted by Crippen LogP contribution is 2.17. The van der Waals surface area contributed by atoms with Gasteiger partial charge in [0, 0.05) is 0 Å². The zero-order valence-electron chi connectivity index (χ0n) is 11.3. The first kappa shape index (κ1) is 20.2. The number of carboxylic acids is 2. The van der Waals surface area contributed by atoms with Crippen LogP contribution < -0.4 is 0 Å². The minimum Gasteiger partial charge on any atom is -0.481 e. The molecule has 0 aliphatic rings. The van der Waals surface area contributed by atoms with Crippen LogP contribution in [-0.4, -0.2) is 90.8 Å². The highest BCUT2D eigenvalue weighted by Gasteiger charge is 2.41. The van der Waals surface area contributed by atoms with Crippen LogP contribution in [0.2, 0.25) is 0 Å². The van der Waals surface area contributed by atoms with Crippen molar-refractivity contribution < 1.29 is 54.9 Å². The standard InChI is InChI=1S/C11H18O11/c12-3-5(13)9(18)6(14)4-22-8(17)2-11(21,10(19)20)1-7(15)16/h5-6,9,12-14,18,21H,1-4H2,(H,15,16)(H,19,20)/t5-,6+,9-,11?/m1/s1. The van der Waals surface area contributed by atoms with Crippen molar-refractivity contribution in [2.24, 2.45) is 0 Å². The molecule has 0 amide bonds. The lowest BCUT2D eigenvalue weighted by atomic mass is 9.96. The second-order valence-electron chi connectivity index (χ2n) is 4.57. The lowest BCUT2D eigenvalue weighted by Gasteiger charge is -2.23. The van der Waals surface area contributed by atoms with Gasteiger partial charge in [0.15, 0.2) is 5.60 Å². The molecule has 0 saturated carbocycles. The van der Waals surface area contributed by atoms with Gasteiger partial charge >= 0.3 is 17.9 Å². The summed E-state index contributed by atoms with van der Waals surface area (Å²) in [5.74, 6) is -4.93. The number of aliphatic carboxylic acids is 2. The molecule has 11 heteroatoms. The molecule has 4 atom stereocenters. The summed E-state index contributed by atoms with van der Waals surface area (Å²) < 4.78 is 4.39. The minimum absolute atomic E-state index is 0.858. The third-order valence-electron chi connectivity index (χ3n) is 2.67. The first-order valence-electron chi connectivity index (χ1n) is 6.01. The Morgan fingerprint density at radius 3 is 1.95 bits per heavy atom. The van der Waals surface area contributed by atoms with E-state index in [1.807, 2.05) is 0 Å². The van der Waals surface area contributed by atoms with E-state index in [2.05, 4.69) is 4.74 Å². The summed E-state index contributed by atoms with van der Waals surface area (Å²) in [6.45, 7) is -1.72. The van der Waals surface area contributed by atoms with Crippen molar-refractivity contribution in [2.75, 3.05) is 13.2 Å². The first-order chi connectivity index (χ1) is 10.0. The van der Waals surface area contributed by atoms with E-state index in [1.54, 1.807) is 0 Å². The van der Waals surface area contributed by atoms with Crippen LogP contribution in [0.4, 0.5) is 0 Å². The van der Waals surface area contributed by atoms with Crippen LogP contribution in [-0.2, 0) is 19.1 Å². The molecule has 0 aliphatic carbocycles. The minimum atomic E-state index is -2.88. The second kappa shape index (κ2) is 8.60. The molecule has 0 saturated heterocycles. The van der Waals surface area contributed by atoms with Crippen LogP contribution in [0, 0.1) is 0 Å². The average molecular weight is 326 g/mol. The van der Waals surface area contributed by atoms with E-state index >= 15 is 0 Å². The Hall–Kier alpha value is -1.79. The van der Waals surface area contributed by atoms with E-state index in [1.165, 1.54) is 0 Å². The quantitative estimate of drug-likeness (QED) is 0.194. The molecule has 0 aliphatic heterocycles. The van der Waals surface area contributed by atoms with Gasteiger partial charge in [0.1, 0.15) is 24.9 Å². The summed E-state index contributed by atoms with van der Waals surface area (Å²) in [5, 5.41) is 63.0. The Morgan fingerprint density at radius 2 is 1.55 bits per heavy atom. The van der Waals surface area contributed by atoms with E-state index in [-0.39, 0.29) is 0 Å². The summed E-state index contributed by atoms with van der Waals surface area (Å²) in [7, 11) is 0. The summed E-state index contributed by atoms with van der Waals surface area (Å²) in [6.07, 6.45) is -7.72. The van der Waals surface area contributed by atoms with Crippen molar-refractivity contribution in [1.82, 2.24) is 0 Å². The van der Waals surface area contributed by atoms with Crippen molar-refractivity contribution in [2.45, 2.75) is 36.8 Å². The molecule has 0 rings (SSSR count). The predicted molar refractivity (Wildman–Crippen MR) is 65.5 cm³/mol. The first-order valence-corrected chi connectivity index (χ1v) is 6.01. The molecule has 128 valence electrons. The number of carboxylic acid groups (broad SMARTS) is 2. The molecule has 0 spiro atoms. The summed E-state index contributed by atoms with van der Waals surface area (Å²) in [4.78, 5) is 32.6. The molecule has 11 nitrogen and oxygen atoms in total. The molecular formula is C11H18O11. The van der Waals surface area contributed by atoms with Gasteiger partial charge in [-0.3, -0.25) is 9.59 Å². The molecule has 7 N–H and O–H groups in total. The molecule has 0 aromatic carbocycles. The number of carbonyl (C=O) groups is 3. The Kier molecular flexibility index (Phi) is 7.90. The van der Waals surface area contributed by atoms with Crippen LogP contribution in [0.1, 0.15) is 12.8 Å². The van der Waals surface area contributed by atoms with Gasteiger partial charge in [0.2, 0.25) is 0 Å². The average Bonchev–Trinajstić information content (AvgIpc) is 2.41. The lowest BCUT2D eigenvalue weighted by molar-refractivity contribution is -0.174. The Balaban J connectivity index is 4.54. The summed E-state index contributed by atoms with van der Waals surface area (Å²) >= 11 is 0.